The molecule has 0 bridgehead atoms. The van der Waals surface area contributed by atoms with Gasteiger partial charge in [-0.05, 0) is 36.8 Å². The molecule has 0 N–H and O–H groups in total. The molecule has 6 heteroatoms. The molecule has 0 aromatic heterocycles. The van der Waals surface area contributed by atoms with E-state index >= 15 is 0 Å². The van der Waals surface area contributed by atoms with Crippen molar-refractivity contribution in [2.24, 2.45) is 0 Å². The number of carbonyl (C=O) groups is 1. The van der Waals surface area contributed by atoms with Crippen molar-refractivity contribution in [3.05, 3.63) is 53.6 Å². The second kappa shape index (κ2) is 9.73. The van der Waals surface area contributed by atoms with Crippen molar-refractivity contribution in [2.45, 2.75) is 25.1 Å². The Labute approximate surface area is 171 Å². The third-order valence-electron chi connectivity index (χ3n) is 4.72. The average molecular weight is 402 g/mol. The Morgan fingerprint density at radius 3 is 2.61 bits per heavy atom. The van der Waals surface area contributed by atoms with Crippen LogP contribution in [0.2, 0.25) is 0 Å². The summed E-state index contributed by atoms with van der Waals surface area (Å²) in [5.74, 6) is 3.05. The highest BCUT2D eigenvalue weighted by Gasteiger charge is 2.33. The maximum Gasteiger partial charge on any atom is 0.255 e. The summed E-state index contributed by atoms with van der Waals surface area (Å²) in [5.41, 5.74) is 1.62. The number of para-hydroxylation sites is 1. The van der Waals surface area contributed by atoms with Gasteiger partial charge in [-0.2, -0.15) is 0 Å². The lowest BCUT2D eigenvalue weighted by atomic mass is 10.1. The summed E-state index contributed by atoms with van der Waals surface area (Å²) in [7, 11) is 3.25. The minimum Gasteiger partial charge on any atom is -0.494 e. The number of thioether (sulfide) groups is 1. The molecule has 28 heavy (non-hydrogen) atoms. The fraction of sp³-hybridized carbons (Fsp3) is 0.409. The summed E-state index contributed by atoms with van der Waals surface area (Å²) in [6, 6.07) is 13.2. The Morgan fingerprint density at radius 2 is 1.93 bits per heavy atom. The minimum atomic E-state index is -0.0990. The summed E-state index contributed by atoms with van der Waals surface area (Å²) in [5, 5.41) is -0.0990. The first-order valence-corrected chi connectivity index (χ1v) is 10.6. The molecule has 1 aliphatic heterocycles. The van der Waals surface area contributed by atoms with Crippen LogP contribution < -0.4 is 14.2 Å². The fourth-order valence-corrected chi connectivity index (χ4v) is 4.51. The predicted molar refractivity (Wildman–Crippen MR) is 113 cm³/mol. The normalized spacial score (nSPS) is 16.1. The first-order chi connectivity index (χ1) is 13.7. The maximum absolute atomic E-state index is 13.2. The number of carbonyl (C=O) groups excluding carboxylic acids is 1. The Bertz CT molecular complexity index is 794. The molecule has 1 amide bonds. The highest BCUT2D eigenvalue weighted by Crippen LogP contribution is 2.45. The quantitative estimate of drug-likeness (QED) is 0.596. The zero-order valence-electron chi connectivity index (χ0n) is 16.6. The van der Waals surface area contributed by atoms with Gasteiger partial charge in [0.1, 0.15) is 11.1 Å². The van der Waals surface area contributed by atoms with Crippen LogP contribution in [0.15, 0.2) is 42.5 Å². The van der Waals surface area contributed by atoms with Crippen LogP contribution in [0, 0.1) is 0 Å². The number of amides is 1. The molecule has 1 heterocycles. The van der Waals surface area contributed by atoms with E-state index in [2.05, 4.69) is 6.92 Å². The molecule has 2 aromatic carbocycles. The van der Waals surface area contributed by atoms with Gasteiger partial charge < -0.3 is 19.1 Å². The van der Waals surface area contributed by atoms with E-state index in [0.717, 1.165) is 29.9 Å². The van der Waals surface area contributed by atoms with E-state index in [-0.39, 0.29) is 11.3 Å². The van der Waals surface area contributed by atoms with Crippen molar-refractivity contribution < 1.29 is 19.0 Å². The number of methoxy groups -OCH3 is 2. The number of nitrogens with zero attached hydrogens (tertiary/aromatic N) is 1. The molecule has 150 valence electrons. The minimum absolute atomic E-state index is 0.0139. The van der Waals surface area contributed by atoms with Gasteiger partial charge in [0, 0.05) is 23.4 Å². The lowest BCUT2D eigenvalue weighted by Gasteiger charge is -2.26. The molecule has 0 aliphatic carbocycles. The molecular weight excluding hydrogens is 374 g/mol. The van der Waals surface area contributed by atoms with Crippen LogP contribution in [-0.2, 0) is 0 Å². The van der Waals surface area contributed by atoms with Crippen molar-refractivity contribution in [2.75, 3.05) is 33.1 Å². The molecule has 1 atom stereocenters. The van der Waals surface area contributed by atoms with Crippen molar-refractivity contribution in [1.82, 2.24) is 4.90 Å². The van der Waals surface area contributed by atoms with Crippen molar-refractivity contribution in [3.8, 4) is 17.2 Å². The number of rotatable bonds is 8. The van der Waals surface area contributed by atoms with E-state index in [9.17, 15) is 4.79 Å². The van der Waals surface area contributed by atoms with E-state index < -0.39 is 0 Å². The van der Waals surface area contributed by atoms with Gasteiger partial charge in [0.05, 0.1) is 20.8 Å². The zero-order valence-corrected chi connectivity index (χ0v) is 17.5. The molecule has 0 unspecified atom stereocenters. The van der Waals surface area contributed by atoms with Crippen LogP contribution in [0.3, 0.4) is 0 Å². The largest absolute Gasteiger partial charge is 0.494 e. The summed E-state index contributed by atoms with van der Waals surface area (Å²) >= 11 is 1.74. The molecule has 1 aliphatic rings. The van der Waals surface area contributed by atoms with Gasteiger partial charge in [-0.3, -0.25) is 4.79 Å². The van der Waals surface area contributed by atoms with Crippen molar-refractivity contribution in [1.29, 1.82) is 0 Å². The summed E-state index contributed by atoms with van der Waals surface area (Å²) in [4.78, 5) is 15.1. The molecule has 0 saturated carbocycles. The summed E-state index contributed by atoms with van der Waals surface area (Å²) in [6.45, 7) is 3.53. The molecular formula is C22H27NO4S. The lowest BCUT2D eigenvalue weighted by molar-refractivity contribution is 0.0759. The van der Waals surface area contributed by atoms with Gasteiger partial charge in [0.2, 0.25) is 0 Å². The van der Waals surface area contributed by atoms with E-state index in [4.69, 9.17) is 14.2 Å². The van der Waals surface area contributed by atoms with Gasteiger partial charge in [0.15, 0.2) is 11.5 Å². The number of benzene rings is 2. The third-order valence-corrected chi connectivity index (χ3v) is 5.96. The first kappa shape index (κ1) is 20.4. The Balaban J connectivity index is 1.78. The van der Waals surface area contributed by atoms with Crippen LogP contribution >= 0.6 is 11.8 Å². The molecule has 0 spiro atoms. The Kier molecular flexibility index (Phi) is 7.09. The summed E-state index contributed by atoms with van der Waals surface area (Å²) < 4.78 is 16.7. The molecule has 2 aromatic rings. The van der Waals surface area contributed by atoms with Gasteiger partial charge in [-0.15, -0.1) is 11.8 Å². The van der Waals surface area contributed by atoms with Gasteiger partial charge in [-0.1, -0.05) is 25.5 Å². The van der Waals surface area contributed by atoms with E-state index in [1.54, 1.807) is 26.0 Å². The third kappa shape index (κ3) is 4.38. The van der Waals surface area contributed by atoms with Crippen LogP contribution in [0.1, 0.15) is 41.1 Å². The van der Waals surface area contributed by atoms with E-state index in [0.29, 0.717) is 30.2 Å². The maximum atomic E-state index is 13.2. The summed E-state index contributed by atoms with van der Waals surface area (Å²) in [6.07, 6.45) is 2.12. The Hall–Kier alpha value is -2.34. The number of unbranched alkanes of at least 4 members (excludes halogenated alkanes) is 1. The fourth-order valence-electron chi connectivity index (χ4n) is 3.24. The van der Waals surface area contributed by atoms with Crippen LogP contribution in [0.25, 0.3) is 0 Å². The lowest BCUT2D eigenvalue weighted by Crippen LogP contribution is -2.30. The zero-order chi connectivity index (χ0) is 19.9. The molecule has 1 saturated heterocycles. The standard InChI is InChI=1S/C22H27NO4S/c1-4-5-14-27-17-11-9-16(10-12-17)21(24)23-13-15-28-22(23)18-7-6-8-19(25-2)20(18)26-3/h6-12,22H,4-5,13-15H2,1-3H3/t22-/m1/s1. The predicted octanol–water partition coefficient (Wildman–Crippen LogP) is 4.77. The topological polar surface area (TPSA) is 48.0 Å². The number of hydrogen-bond donors (Lipinski definition) is 0. The highest BCUT2D eigenvalue weighted by molar-refractivity contribution is 7.99. The van der Waals surface area contributed by atoms with Crippen LogP contribution in [0.4, 0.5) is 0 Å². The SMILES string of the molecule is CCCCOc1ccc(C(=O)N2CCS[C@@H]2c2cccc(OC)c2OC)cc1. The number of hydrogen-bond acceptors (Lipinski definition) is 5. The molecule has 1 fully saturated rings. The van der Waals surface area contributed by atoms with Gasteiger partial charge >= 0.3 is 0 Å². The Morgan fingerprint density at radius 1 is 1.14 bits per heavy atom. The second-order valence-electron chi connectivity index (χ2n) is 6.53. The average Bonchev–Trinajstić information content (AvgIpc) is 3.23. The van der Waals surface area contributed by atoms with Gasteiger partial charge in [-0.25, -0.2) is 0 Å². The monoisotopic (exact) mass is 401 g/mol. The van der Waals surface area contributed by atoms with Crippen LogP contribution in [0.5, 0.6) is 17.2 Å². The van der Waals surface area contributed by atoms with E-state index in [1.807, 2.05) is 47.4 Å². The highest BCUT2D eigenvalue weighted by atomic mass is 32.2. The molecule has 0 radical (unpaired) electrons. The van der Waals surface area contributed by atoms with Crippen molar-refractivity contribution in [3.63, 3.8) is 0 Å². The van der Waals surface area contributed by atoms with Gasteiger partial charge in [0.25, 0.3) is 5.91 Å². The number of ether oxygens (including phenoxy) is 3. The first-order valence-electron chi connectivity index (χ1n) is 9.56. The second-order valence-corrected chi connectivity index (χ2v) is 7.72. The smallest absolute Gasteiger partial charge is 0.255 e. The molecule has 5 nitrogen and oxygen atoms in total. The van der Waals surface area contributed by atoms with Crippen molar-refractivity contribution >= 4 is 17.7 Å². The molecule has 3 rings (SSSR count). The van der Waals surface area contributed by atoms with Crippen LogP contribution in [-0.4, -0.2) is 43.9 Å². The van der Waals surface area contributed by atoms with E-state index in [1.165, 1.54) is 0 Å².